The number of ether oxygens (including phenoxy) is 6. The maximum absolute atomic E-state index is 11.5. The topological polar surface area (TPSA) is 318 Å². The van der Waals surface area contributed by atoms with Crippen LogP contribution in [0.25, 0.3) is 0 Å². The van der Waals surface area contributed by atoms with Gasteiger partial charge in [0.15, 0.2) is 31.1 Å². The van der Waals surface area contributed by atoms with Crippen molar-refractivity contribution in [2.24, 2.45) is 5.73 Å². The van der Waals surface area contributed by atoms with Gasteiger partial charge in [-0.15, -0.1) is 0 Å². The summed E-state index contributed by atoms with van der Waals surface area (Å²) in [5.74, 6) is -3.36. The standard InChI is InChI=1S/C20H33NO18/c21-1-2-34-18-11(29)13(10(28)15(38-18)17(32)33)37-19-9(27)7(25)12(4(3-22)35-19)36-20-8(26)5(23)6(24)14(39-20)16(30)31/h4-15,18-20,22-29H,1-3,21H2,(H,30,31)(H,32,33)/t4-,5+,6+,7-,8-,9-,10+,11-,12-,13+,14+,15+,18-,19+,20-/m1/s1. The maximum Gasteiger partial charge on any atom is 0.335 e. The van der Waals surface area contributed by atoms with Gasteiger partial charge in [-0.3, -0.25) is 0 Å². The van der Waals surface area contributed by atoms with E-state index in [1.807, 2.05) is 0 Å². The number of aliphatic hydroxyl groups excluding tert-OH is 8. The molecule has 0 aromatic carbocycles. The molecule has 12 N–H and O–H groups in total. The third kappa shape index (κ3) is 6.64. The van der Waals surface area contributed by atoms with Crippen LogP contribution >= 0.6 is 0 Å². The van der Waals surface area contributed by atoms with Crippen LogP contribution in [0.15, 0.2) is 0 Å². The highest BCUT2D eigenvalue weighted by molar-refractivity contribution is 5.73. The van der Waals surface area contributed by atoms with Crippen LogP contribution in [-0.2, 0) is 38.0 Å². The lowest BCUT2D eigenvalue weighted by molar-refractivity contribution is -0.376. The zero-order chi connectivity index (χ0) is 29.2. The van der Waals surface area contributed by atoms with Gasteiger partial charge in [-0.2, -0.15) is 0 Å². The van der Waals surface area contributed by atoms with E-state index in [1.165, 1.54) is 0 Å². The van der Waals surface area contributed by atoms with Gasteiger partial charge in [0.05, 0.1) is 13.2 Å². The molecule has 0 bridgehead atoms. The maximum atomic E-state index is 11.5. The van der Waals surface area contributed by atoms with E-state index in [2.05, 4.69) is 0 Å². The molecule has 0 aliphatic carbocycles. The highest BCUT2D eigenvalue weighted by Gasteiger charge is 2.55. The van der Waals surface area contributed by atoms with Gasteiger partial charge in [0.2, 0.25) is 0 Å². The molecule has 19 heteroatoms. The SMILES string of the molecule is NCCO[C@@H]1O[C@H](C(=O)O)[C@@H](O)[C@H](O[C@@H]2O[C@H](CO)[C@@H](O[C@@H]3O[C@H](C(=O)O)[C@@H](O)[C@H](O)[C@H]3O)[C@H](O)[C@H]2O)[C@H]1O. The molecule has 0 unspecified atom stereocenters. The molecule has 3 fully saturated rings. The second-order valence-electron chi connectivity index (χ2n) is 9.05. The summed E-state index contributed by atoms with van der Waals surface area (Å²) in [6, 6.07) is 0. The average Bonchev–Trinajstić information content (AvgIpc) is 2.89. The third-order valence-corrected chi connectivity index (χ3v) is 6.40. The van der Waals surface area contributed by atoms with Crippen molar-refractivity contribution in [2.45, 2.75) is 92.1 Å². The Hall–Kier alpha value is -1.66. The van der Waals surface area contributed by atoms with Crippen LogP contribution in [0.3, 0.4) is 0 Å². The van der Waals surface area contributed by atoms with Crippen LogP contribution in [0, 0.1) is 0 Å². The molecule has 15 atom stereocenters. The lowest BCUT2D eigenvalue weighted by Gasteiger charge is -2.47. The van der Waals surface area contributed by atoms with E-state index in [1.54, 1.807) is 0 Å². The Labute approximate surface area is 219 Å². The Kier molecular flexibility index (Phi) is 10.9. The molecule has 0 radical (unpaired) electrons. The summed E-state index contributed by atoms with van der Waals surface area (Å²) in [4.78, 5) is 22.9. The van der Waals surface area contributed by atoms with E-state index in [-0.39, 0.29) is 13.2 Å². The van der Waals surface area contributed by atoms with Gasteiger partial charge in [-0.25, -0.2) is 9.59 Å². The molecule has 19 nitrogen and oxygen atoms in total. The zero-order valence-electron chi connectivity index (χ0n) is 20.1. The van der Waals surface area contributed by atoms with E-state index in [0.29, 0.717) is 0 Å². The van der Waals surface area contributed by atoms with Crippen molar-refractivity contribution >= 4 is 11.9 Å². The Morgan fingerprint density at radius 3 is 1.72 bits per heavy atom. The molecule has 0 aromatic rings. The first kappa shape index (κ1) is 31.9. The van der Waals surface area contributed by atoms with Gasteiger partial charge in [-0.1, -0.05) is 0 Å². The summed E-state index contributed by atoms with van der Waals surface area (Å²) in [5.41, 5.74) is 5.33. The van der Waals surface area contributed by atoms with Crippen LogP contribution in [0.1, 0.15) is 0 Å². The van der Waals surface area contributed by atoms with E-state index < -0.39 is 111 Å². The minimum atomic E-state index is -2.07. The second-order valence-corrected chi connectivity index (χ2v) is 9.05. The molecule has 3 aliphatic heterocycles. The molecule has 3 aliphatic rings. The number of aliphatic hydroxyl groups is 8. The number of carbonyl (C=O) groups is 2. The Morgan fingerprint density at radius 1 is 0.641 bits per heavy atom. The van der Waals surface area contributed by atoms with Crippen molar-refractivity contribution < 1.29 is 89.1 Å². The summed E-state index contributed by atoms with van der Waals surface area (Å²) >= 11 is 0. The van der Waals surface area contributed by atoms with Crippen molar-refractivity contribution in [1.82, 2.24) is 0 Å². The molecule has 3 rings (SSSR count). The summed E-state index contributed by atoms with van der Waals surface area (Å²) < 4.78 is 31.3. The third-order valence-electron chi connectivity index (χ3n) is 6.40. The number of aliphatic carboxylic acids is 2. The molecular formula is C20H33NO18. The zero-order valence-corrected chi connectivity index (χ0v) is 20.1. The molecule has 39 heavy (non-hydrogen) atoms. The minimum absolute atomic E-state index is 0.0305. The second kappa shape index (κ2) is 13.3. The van der Waals surface area contributed by atoms with Crippen molar-refractivity contribution in [3.8, 4) is 0 Å². The fourth-order valence-electron chi connectivity index (χ4n) is 4.33. The number of carboxylic acids is 2. The van der Waals surface area contributed by atoms with Crippen LogP contribution in [0.2, 0.25) is 0 Å². The van der Waals surface area contributed by atoms with Crippen LogP contribution in [-0.4, -0.2) is 175 Å². The first-order valence-corrected chi connectivity index (χ1v) is 11.8. The molecule has 0 saturated carbocycles. The van der Waals surface area contributed by atoms with Gasteiger partial charge in [0.25, 0.3) is 0 Å². The van der Waals surface area contributed by atoms with E-state index in [0.717, 1.165) is 0 Å². The fourth-order valence-corrected chi connectivity index (χ4v) is 4.33. The van der Waals surface area contributed by atoms with Gasteiger partial charge >= 0.3 is 11.9 Å². The average molecular weight is 575 g/mol. The molecule has 0 spiro atoms. The van der Waals surface area contributed by atoms with Gasteiger partial charge in [0, 0.05) is 6.54 Å². The van der Waals surface area contributed by atoms with Crippen LogP contribution in [0.5, 0.6) is 0 Å². The quantitative estimate of drug-likeness (QED) is 0.115. The van der Waals surface area contributed by atoms with E-state index >= 15 is 0 Å². The lowest BCUT2D eigenvalue weighted by atomic mass is 9.96. The first-order valence-electron chi connectivity index (χ1n) is 11.8. The summed E-state index contributed by atoms with van der Waals surface area (Å²) in [7, 11) is 0. The highest BCUT2D eigenvalue weighted by atomic mass is 16.8. The smallest absolute Gasteiger partial charge is 0.335 e. The normalized spacial score (nSPS) is 47.1. The number of hydrogen-bond acceptors (Lipinski definition) is 17. The van der Waals surface area contributed by atoms with E-state index in [9.17, 15) is 60.7 Å². The van der Waals surface area contributed by atoms with Gasteiger partial charge in [-0.05, 0) is 0 Å². The van der Waals surface area contributed by atoms with Gasteiger partial charge in [0.1, 0.15) is 61.0 Å². The predicted molar refractivity (Wildman–Crippen MR) is 115 cm³/mol. The number of rotatable bonds is 10. The molecule has 0 amide bonds. The first-order chi connectivity index (χ1) is 18.3. The van der Waals surface area contributed by atoms with Crippen molar-refractivity contribution in [2.75, 3.05) is 19.8 Å². The minimum Gasteiger partial charge on any atom is -0.479 e. The summed E-state index contributed by atoms with van der Waals surface area (Å²) in [6.45, 7) is -1.14. The molecule has 3 saturated heterocycles. The predicted octanol–water partition coefficient (Wildman–Crippen LogP) is -7.41. The number of carboxylic acid groups (broad SMARTS) is 2. The Bertz CT molecular complexity index is 832. The molecular weight excluding hydrogens is 542 g/mol. The molecule has 226 valence electrons. The summed E-state index contributed by atoms with van der Waals surface area (Å²) in [5, 5.41) is 101. The lowest BCUT2D eigenvalue weighted by Crippen LogP contribution is -2.67. The van der Waals surface area contributed by atoms with Crippen LogP contribution in [0.4, 0.5) is 0 Å². The Morgan fingerprint density at radius 2 is 1.15 bits per heavy atom. The van der Waals surface area contributed by atoms with Crippen molar-refractivity contribution in [3.05, 3.63) is 0 Å². The van der Waals surface area contributed by atoms with E-state index in [4.69, 9.17) is 34.2 Å². The van der Waals surface area contributed by atoms with Crippen LogP contribution < -0.4 is 5.73 Å². The monoisotopic (exact) mass is 575 g/mol. The fraction of sp³-hybridized carbons (Fsp3) is 0.900. The molecule has 0 aromatic heterocycles. The van der Waals surface area contributed by atoms with Crippen molar-refractivity contribution in [3.63, 3.8) is 0 Å². The Balaban J connectivity index is 1.76. The summed E-state index contributed by atoms with van der Waals surface area (Å²) in [6.07, 6.45) is -28.8. The van der Waals surface area contributed by atoms with Crippen molar-refractivity contribution in [1.29, 1.82) is 0 Å². The van der Waals surface area contributed by atoms with Gasteiger partial charge < -0.3 is 85.2 Å². The highest BCUT2D eigenvalue weighted by Crippen LogP contribution is 2.32. The molecule has 3 heterocycles. The largest absolute Gasteiger partial charge is 0.479 e. The number of nitrogens with two attached hydrogens (primary N) is 1. The number of hydrogen-bond donors (Lipinski definition) is 11.